The first kappa shape index (κ1) is 12.2. The van der Waals surface area contributed by atoms with Crippen LogP contribution < -0.4 is 5.32 Å². The second kappa shape index (κ2) is 5.88. The Labute approximate surface area is 91.4 Å². The summed E-state index contributed by atoms with van der Waals surface area (Å²) in [5.41, 5.74) is 0.266. The first-order chi connectivity index (χ1) is 7.14. The van der Waals surface area contributed by atoms with Crippen molar-refractivity contribution in [2.24, 2.45) is 5.41 Å². The van der Waals surface area contributed by atoms with E-state index >= 15 is 0 Å². The third kappa shape index (κ3) is 4.95. The molecule has 0 aliphatic heterocycles. The number of H-pyrrole nitrogens is 1. The van der Waals surface area contributed by atoms with E-state index in [2.05, 4.69) is 29.1 Å². The molecule has 0 aliphatic carbocycles. The molecule has 1 aromatic rings. The van der Waals surface area contributed by atoms with Gasteiger partial charge in [-0.3, -0.25) is 0 Å². The van der Waals surface area contributed by atoms with E-state index in [0.29, 0.717) is 0 Å². The molecule has 0 saturated carbocycles. The van der Waals surface area contributed by atoms with Crippen molar-refractivity contribution in [3.8, 4) is 0 Å². The zero-order valence-corrected chi connectivity index (χ0v) is 9.84. The topological polar surface area (TPSA) is 49.9 Å². The summed E-state index contributed by atoms with van der Waals surface area (Å²) >= 11 is 0. The zero-order chi connectivity index (χ0) is 11.1. The predicted molar refractivity (Wildman–Crippen MR) is 60.6 cm³/mol. The Morgan fingerprint density at radius 2 is 2.33 bits per heavy atom. The maximum Gasteiger partial charge on any atom is 0.120 e. The molecule has 1 aromatic heterocycles. The molecule has 15 heavy (non-hydrogen) atoms. The summed E-state index contributed by atoms with van der Waals surface area (Å²) in [7, 11) is 1.74. The van der Waals surface area contributed by atoms with Crippen molar-refractivity contribution in [1.82, 2.24) is 15.3 Å². The van der Waals surface area contributed by atoms with Gasteiger partial charge in [-0.1, -0.05) is 13.8 Å². The quantitative estimate of drug-likeness (QED) is 0.719. The van der Waals surface area contributed by atoms with E-state index in [1.165, 1.54) is 0 Å². The lowest BCUT2D eigenvalue weighted by Crippen LogP contribution is -2.30. The van der Waals surface area contributed by atoms with Crippen LogP contribution in [0.3, 0.4) is 0 Å². The molecule has 0 aliphatic rings. The van der Waals surface area contributed by atoms with Crippen molar-refractivity contribution in [1.29, 1.82) is 0 Å². The second-order valence-corrected chi connectivity index (χ2v) is 4.55. The van der Waals surface area contributed by atoms with Gasteiger partial charge in [0, 0.05) is 32.7 Å². The summed E-state index contributed by atoms with van der Waals surface area (Å²) < 4.78 is 5.08. The summed E-state index contributed by atoms with van der Waals surface area (Å²) in [6.45, 7) is 7.05. The van der Waals surface area contributed by atoms with Crippen LogP contribution in [0.15, 0.2) is 12.4 Å². The fourth-order valence-corrected chi connectivity index (χ4v) is 1.38. The molecule has 0 atom stereocenters. The van der Waals surface area contributed by atoms with Gasteiger partial charge in [0.15, 0.2) is 0 Å². The van der Waals surface area contributed by atoms with Crippen LogP contribution in [0.25, 0.3) is 0 Å². The summed E-state index contributed by atoms with van der Waals surface area (Å²) in [6.07, 6.45) is 4.68. The number of nitrogens with one attached hydrogen (secondary N) is 2. The molecular formula is C11H21N3O. The Bertz CT molecular complexity index is 257. The summed E-state index contributed by atoms with van der Waals surface area (Å²) in [6, 6.07) is 0. The average molecular weight is 211 g/mol. The van der Waals surface area contributed by atoms with Gasteiger partial charge in [-0.25, -0.2) is 4.98 Å². The number of imidazole rings is 1. The number of hydrogen-bond acceptors (Lipinski definition) is 3. The van der Waals surface area contributed by atoms with Gasteiger partial charge < -0.3 is 15.0 Å². The van der Waals surface area contributed by atoms with Gasteiger partial charge in [0.2, 0.25) is 0 Å². The first-order valence-electron chi connectivity index (χ1n) is 5.32. The van der Waals surface area contributed by atoms with Gasteiger partial charge in [-0.2, -0.15) is 0 Å². The zero-order valence-electron chi connectivity index (χ0n) is 9.84. The molecular weight excluding hydrogens is 190 g/mol. The number of aromatic nitrogens is 2. The van der Waals surface area contributed by atoms with E-state index in [0.717, 1.165) is 31.9 Å². The molecule has 0 bridgehead atoms. The normalized spacial score (nSPS) is 11.9. The molecule has 4 nitrogen and oxygen atoms in total. The molecule has 4 heteroatoms. The highest BCUT2D eigenvalue weighted by Gasteiger charge is 2.16. The minimum absolute atomic E-state index is 0.266. The number of nitrogens with zero attached hydrogens (tertiary/aromatic N) is 1. The maximum absolute atomic E-state index is 5.08. The van der Waals surface area contributed by atoms with Crippen LogP contribution in [0.1, 0.15) is 26.1 Å². The second-order valence-electron chi connectivity index (χ2n) is 4.55. The van der Waals surface area contributed by atoms with E-state index in [1.807, 2.05) is 6.20 Å². The summed E-state index contributed by atoms with van der Waals surface area (Å²) in [5, 5.41) is 3.39. The number of hydrogen-bond donors (Lipinski definition) is 2. The van der Waals surface area contributed by atoms with Crippen molar-refractivity contribution in [2.45, 2.75) is 26.8 Å². The van der Waals surface area contributed by atoms with Crippen molar-refractivity contribution in [3.05, 3.63) is 18.2 Å². The third-order valence-electron chi connectivity index (χ3n) is 2.43. The largest absolute Gasteiger partial charge is 0.385 e. The first-order valence-corrected chi connectivity index (χ1v) is 5.32. The molecule has 0 saturated heterocycles. The van der Waals surface area contributed by atoms with E-state index in [-0.39, 0.29) is 5.41 Å². The minimum atomic E-state index is 0.266. The molecule has 1 rings (SSSR count). The van der Waals surface area contributed by atoms with Gasteiger partial charge in [-0.05, 0) is 11.8 Å². The van der Waals surface area contributed by atoms with E-state index in [1.54, 1.807) is 13.3 Å². The summed E-state index contributed by atoms with van der Waals surface area (Å²) in [4.78, 5) is 7.22. The number of methoxy groups -OCH3 is 1. The smallest absolute Gasteiger partial charge is 0.120 e. The van der Waals surface area contributed by atoms with E-state index in [4.69, 9.17) is 4.74 Å². The molecule has 1 heterocycles. The highest BCUT2D eigenvalue weighted by Crippen LogP contribution is 2.18. The number of ether oxygens (including phenoxy) is 1. The van der Waals surface area contributed by atoms with Gasteiger partial charge in [0.25, 0.3) is 0 Å². The Hall–Kier alpha value is -0.870. The standard InChI is InChI=1S/C11H21N3O/c1-11(2,4-7-15-3)9-12-8-10-13-5-6-14-10/h5-6,12H,4,7-9H2,1-3H3,(H,13,14). The SMILES string of the molecule is COCCC(C)(C)CNCc1ncc[nH]1. The fourth-order valence-electron chi connectivity index (χ4n) is 1.38. The van der Waals surface area contributed by atoms with Gasteiger partial charge in [0.05, 0.1) is 6.54 Å². The van der Waals surface area contributed by atoms with Crippen LogP contribution in [0.5, 0.6) is 0 Å². The lowest BCUT2D eigenvalue weighted by Gasteiger charge is -2.24. The number of aromatic amines is 1. The molecule has 2 N–H and O–H groups in total. The highest BCUT2D eigenvalue weighted by molar-refractivity contribution is 4.86. The van der Waals surface area contributed by atoms with Crippen LogP contribution in [0.2, 0.25) is 0 Å². The predicted octanol–water partition coefficient (Wildman–Crippen LogP) is 1.56. The molecule has 0 radical (unpaired) electrons. The van der Waals surface area contributed by atoms with Crippen molar-refractivity contribution < 1.29 is 4.74 Å². The summed E-state index contributed by atoms with van der Waals surface area (Å²) in [5.74, 6) is 0.984. The van der Waals surface area contributed by atoms with E-state index < -0.39 is 0 Å². The monoisotopic (exact) mass is 211 g/mol. The van der Waals surface area contributed by atoms with Crippen LogP contribution in [0, 0.1) is 5.41 Å². The molecule has 86 valence electrons. The maximum atomic E-state index is 5.08. The van der Waals surface area contributed by atoms with Crippen LogP contribution in [-0.2, 0) is 11.3 Å². The van der Waals surface area contributed by atoms with Gasteiger partial charge >= 0.3 is 0 Å². The Morgan fingerprint density at radius 3 is 2.93 bits per heavy atom. The van der Waals surface area contributed by atoms with Crippen LogP contribution in [0.4, 0.5) is 0 Å². The third-order valence-corrected chi connectivity index (χ3v) is 2.43. The van der Waals surface area contributed by atoms with Gasteiger partial charge in [-0.15, -0.1) is 0 Å². The molecule has 0 amide bonds. The lowest BCUT2D eigenvalue weighted by molar-refractivity contribution is 0.150. The average Bonchev–Trinajstić information content (AvgIpc) is 2.67. The Balaban J connectivity index is 2.18. The van der Waals surface area contributed by atoms with Gasteiger partial charge in [0.1, 0.15) is 5.82 Å². The lowest BCUT2D eigenvalue weighted by atomic mass is 9.90. The highest BCUT2D eigenvalue weighted by atomic mass is 16.5. The van der Waals surface area contributed by atoms with Crippen molar-refractivity contribution in [3.63, 3.8) is 0 Å². The van der Waals surface area contributed by atoms with Crippen LogP contribution in [-0.4, -0.2) is 30.2 Å². The fraction of sp³-hybridized carbons (Fsp3) is 0.727. The van der Waals surface area contributed by atoms with E-state index in [9.17, 15) is 0 Å². The minimum Gasteiger partial charge on any atom is -0.385 e. The van der Waals surface area contributed by atoms with Crippen LogP contribution >= 0.6 is 0 Å². The molecule has 0 aromatic carbocycles. The molecule has 0 unspecified atom stereocenters. The number of rotatable bonds is 7. The molecule has 0 fully saturated rings. The Morgan fingerprint density at radius 1 is 1.53 bits per heavy atom. The molecule has 0 spiro atoms. The Kier molecular flexibility index (Phi) is 4.78. The van der Waals surface area contributed by atoms with Crippen molar-refractivity contribution >= 4 is 0 Å². The van der Waals surface area contributed by atoms with Crippen molar-refractivity contribution in [2.75, 3.05) is 20.3 Å².